The molecule has 0 radical (unpaired) electrons. The van der Waals surface area contributed by atoms with E-state index in [0.29, 0.717) is 17.8 Å². The Bertz CT molecular complexity index is 388. The van der Waals surface area contributed by atoms with Crippen molar-refractivity contribution in [3.05, 3.63) is 23.8 Å². The highest BCUT2D eigenvalue weighted by molar-refractivity contribution is 5.87. The summed E-state index contributed by atoms with van der Waals surface area (Å²) in [5.41, 5.74) is 1.58. The molecular weight excluding hydrogens is 220 g/mol. The fourth-order valence-electron chi connectivity index (χ4n) is 4.10. The van der Waals surface area contributed by atoms with Gasteiger partial charge in [0.1, 0.15) is 0 Å². The lowest BCUT2D eigenvalue weighted by atomic mass is 9.54. The molecule has 100 valence electrons. The van der Waals surface area contributed by atoms with Gasteiger partial charge >= 0.3 is 0 Å². The lowest BCUT2D eigenvalue weighted by Crippen LogP contribution is -2.43. The Balaban J connectivity index is 2.28. The van der Waals surface area contributed by atoms with Crippen molar-refractivity contribution in [1.29, 1.82) is 0 Å². The van der Waals surface area contributed by atoms with Crippen molar-refractivity contribution < 1.29 is 4.79 Å². The molecule has 0 aliphatic heterocycles. The number of allylic oxidation sites excluding steroid dienone is 4. The number of fused-ring (bicyclic) bond motifs is 2. The number of rotatable bonds is 3. The first-order valence-electron chi connectivity index (χ1n) is 7.29. The van der Waals surface area contributed by atoms with E-state index in [2.05, 4.69) is 39.8 Å². The monoisotopic (exact) mass is 246 g/mol. The first-order valence-corrected chi connectivity index (χ1v) is 7.29. The highest BCUT2D eigenvalue weighted by Crippen LogP contribution is 2.53. The highest BCUT2D eigenvalue weighted by Gasteiger charge is 2.45. The van der Waals surface area contributed by atoms with Crippen molar-refractivity contribution in [2.45, 2.75) is 41.0 Å². The molecule has 0 unspecified atom stereocenters. The van der Waals surface area contributed by atoms with E-state index in [-0.39, 0.29) is 5.78 Å². The van der Waals surface area contributed by atoms with Gasteiger partial charge in [-0.3, -0.25) is 4.79 Å². The zero-order valence-electron chi connectivity index (χ0n) is 12.3. The average Bonchev–Trinajstić information content (AvgIpc) is 2.27. The van der Waals surface area contributed by atoms with Crippen LogP contribution in [0.3, 0.4) is 0 Å². The topological polar surface area (TPSA) is 17.1 Å². The third-order valence-corrected chi connectivity index (χ3v) is 5.16. The number of hydrogen-bond donors (Lipinski definition) is 0. The summed E-state index contributed by atoms with van der Waals surface area (Å²) < 4.78 is 0. The first kappa shape index (κ1) is 13.6. The normalized spacial score (nSPS) is 39.4. The van der Waals surface area contributed by atoms with E-state index in [1.807, 2.05) is 0 Å². The second-order valence-electron chi connectivity index (χ2n) is 6.64. The molecule has 0 aromatic carbocycles. The number of ketones is 1. The maximum Gasteiger partial charge on any atom is 0.152 e. The third-order valence-electron chi connectivity index (χ3n) is 5.16. The van der Waals surface area contributed by atoms with E-state index in [1.165, 1.54) is 6.42 Å². The Morgan fingerprint density at radius 3 is 2.67 bits per heavy atom. The molecule has 0 heterocycles. The quantitative estimate of drug-likeness (QED) is 0.537. The molecule has 3 aliphatic rings. The van der Waals surface area contributed by atoms with Gasteiger partial charge in [0.2, 0.25) is 0 Å². The highest BCUT2D eigenvalue weighted by atomic mass is 16.1. The molecule has 0 aromatic rings. The molecule has 0 amide bonds. The molecule has 1 heteroatoms. The molecular formula is C17H26O. The zero-order valence-corrected chi connectivity index (χ0v) is 12.3. The number of hydrogen-bond acceptors (Lipinski definition) is 1. The van der Waals surface area contributed by atoms with Crippen LogP contribution in [-0.4, -0.2) is 5.78 Å². The van der Waals surface area contributed by atoms with Crippen molar-refractivity contribution in [2.24, 2.45) is 35.5 Å². The summed E-state index contributed by atoms with van der Waals surface area (Å²) in [4.78, 5) is 11.2. The molecule has 1 nitrogen and oxygen atoms in total. The summed E-state index contributed by atoms with van der Waals surface area (Å²) in [6, 6.07) is 0. The molecule has 1 fully saturated rings. The van der Waals surface area contributed by atoms with Gasteiger partial charge in [-0.2, -0.15) is 0 Å². The van der Waals surface area contributed by atoms with E-state index in [0.717, 1.165) is 17.8 Å². The Hall–Kier alpha value is -0.850. The van der Waals surface area contributed by atoms with Crippen LogP contribution in [0.5, 0.6) is 0 Å². The minimum Gasteiger partial charge on any atom is -0.295 e. The van der Waals surface area contributed by atoms with Gasteiger partial charge in [-0.25, -0.2) is 0 Å². The van der Waals surface area contributed by atoms with Crippen molar-refractivity contribution >= 4 is 5.78 Å². The van der Waals surface area contributed by atoms with Gasteiger partial charge in [0, 0.05) is 0 Å². The van der Waals surface area contributed by atoms with E-state index in [1.54, 1.807) is 18.6 Å². The molecule has 3 aliphatic carbocycles. The van der Waals surface area contributed by atoms with Crippen LogP contribution in [-0.2, 0) is 4.79 Å². The third kappa shape index (κ3) is 2.32. The SMILES string of the molecule is CC(=O)/C=C/[C@@H]1[C@@H](C)[C@H]2C[C@@H](C(C)C)[C@H]1C=C2C. The summed E-state index contributed by atoms with van der Waals surface area (Å²) in [7, 11) is 0. The summed E-state index contributed by atoms with van der Waals surface area (Å²) >= 11 is 0. The lowest BCUT2D eigenvalue weighted by Gasteiger charge is -2.51. The largest absolute Gasteiger partial charge is 0.295 e. The van der Waals surface area contributed by atoms with Gasteiger partial charge in [-0.15, -0.1) is 0 Å². The predicted molar refractivity (Wildman–Crippen MR) is 76.2 cm³/mol. The first-order chi connectivity index (χ1) is 8.41. The molecule has 3 rings (SSSR count). The van der Waals surface area contributed by atoms with Crippen LogP contribution in [0.1, 0.15) is 41.0 Å². The maximum absolute atomic E-state index is 11.2. The van der Waals surface area contributed by atoms with Crippen molar-refractivity contribution in [3.8, 4) is 0 Å². The van der Waals surface area contributed by atoms with Gasteiger partial charge in [0.05, 0.1) is 0 Å². The summed E-state index contributed by atoms with van der Waals surface area (Å²) in [5, 5.41) is 0. The van der Waals surface area contributed by atoms with Crippen molar-refractivity contribution in [1.82, 2.24) is 0 Å². The van der Waals surface area contributed by atoms with Crippen LogP contribution in [0.25, 0.3) is 0 Å². The van der Waals surface area contributed by atoms with E-state index in [4.69, 9.17) is 0 Å². The van der Waals surface area contributed by atoms with E-state index >= 15 is 0 Å². The Morgan fingerprint density at radius 2 is 2.11 bits per heavy atom. The molecule has 0 N–H and O–H groups in total. The standard InChI is InChI=1S/C17H26O/c1-10(2)15-9-16-11(3)8-17(15)14(13(16)5)7-6-12(4)18/h6-8,10,13-17H,9H2,1-5H3/b7-6+/t13-,14-,15+,16+,17+/m1/s1. The molecule has 18 heavy (non-hydrogen) atoms. The van der Waals surface area contributed by atoms with Crippen LogP contribution >= 0.6 is 0 Å². The van der Waals surface area contributed by atoms with Crippen LogP contribution in [0.15, 0.2) is 23.8 Å². The van der Waals surface area contributed by atoms with Crippen molar-refractivity contribution in [3.63, 3.8) is 0 Å². The maximum atomic E-state index is 11.2. The van der Waals surface area contributed by atoms with Gasteiger partial charge < -0.3 is 0 Å². The molecule has 5 atom stereocenters. The van der Waals surface area contributed by atoms with Crippen LogP contribution < -0.4 is 0 Å². The summed E-state index contributed by atoms with van der Waals surface area (Å²) in [6.07, 6.45) is 7.80. The average molecular weight is 246 g/mol. The summed E-state index contributed by atoms with van der Waals surface area (Å²) in [6.45, 7) is 11.0. The van der Waals surface area contributed by atoms with Crippen LogP contribution in [0.2, 0.25) is 0 Å². The second kappa shape index (κ2) is 5.03. The Kier molecular flexibility index (Phi) is 3.79. The van der Waals surface area contributed by atoms with Crippen LogP contribution in [0, 0.1) is 35.5 Å². The van der Waals surface area contributed by atoms with Crippen molar-refractivity contribution in [2.75, 3.05) is 0 Å². The molecule has 1 saturated carbocycles. The van der Waals surface area contributed by atoms with E-state index in [9.17, 15) is 4.79 Å². The zero-order chi connectivity index (χ0) is 13.4. The van der Waals surface area contributed by atoms with Crippen LogP contribution in [0.4, 0.5) is 0 Å². The molecule has 0 aromatic heterocycles. The lowest BCUT2D eigenvalue weighted by molar-refractivity contribution is -0.112. The van der Waals surface area contributed by atoms with Gasteiger partial charge in [0.15, 0.2) is 5.78 Å². The summed E-state index contributed by atoms with van der Waals surface area (Å²) in [5.74, 6) is 4.31. The van der Waals surface area contributed by atoms with E-state index < -0.39 is 0 Å². The fourth-order valence-corrected chi connectivity index (χ4v) is 4.10. The minimum atomic E-state index is 0.172. The van der Waals surface area contributed by atoms with Gasteiger partial charge in [0.25, 0.3) is 0 Å². The molecule has 2 bridgehead atoms. The Morgan fingerprint density at radius 1 is 1.44 bits per heavy atom. The second-order valence-corrected chi connectivity index (χ2v) is 6.64. The van der Waals surface area contributed by atoms with Gasteiger partial charge in [-0.1, -0.05) is 38.5 Å². The number of carbonyl (C=O) groups is 1. The molecule has 0 spiro atoms. The predicted octanol–water partition coefficient (Wildman–Crippen LogP) is 4.25. The number of carbonyl (C=O) groups excluding carboxylic acids is 1. The fraction of sp³-hybridized carbons (Fsp3) is 0.706. The Labute approximate surface area is 111 Å². The van der Waals surface area contributed by atoms with Gasteiger partial charge in [-0.05, 0) is 61.9 Å². The minimum absolute atomic E-state index is 0.172. The smallest absolute Gasteiger partial charge is 0.152 e. The molecule has 0 saturated heterocycles.